The third-order valence-corrected chi connectivity index (χ3v) is 25.5. The lowest BCUT2D eigenvalue weighted by atomic mass is 9.33. The van der Waals surface area contributed by atoms with Crippen LogP contribution in [0, 0.1) is 11.3 Å². The Balaban J connectivity index is 1.03. The molecule has 0 saturated heterocycles. The summed E-state index contributed by atoms with van der Waals surface area (Å²) >= 11 is 0. The summed E-state index contributed by atoms with van der Waals surface area (Å²) in [4.78, 5) is 4.82. The van der Waals surface area contributed by atoms with Crippen molar-refractivity contribution in [3.8, 4) is 56.5 Å². The van der Waals surface area contributed by atoms with Gasteiger partial charge in [-0.25, -0.2) is 0 Å². The first-order valence-corrected chi connectivity index (χ1v) is 42.5. The van der Waals surface area contributed by atoms with Gasteiger partial charge in [0.15, 0.2) is 0 Å². The van der Waals surface area contributed by atoms with Crippen molar-refractivity contribution < 1.29 is 11.0 Å². The summed E-state index contributed by atoms with van der Waals surface area (Å²) in [6.07, 6.45) is 0. The second-order valence-electron chi connectivity index (χ2n) is 40.9. The molecule has 0 saturated carbocycles. The highest BCUT2D eigenvalue weighted by Crippen LogP contribution is 2.53. The van der Waals surface area contributed by atoms with Crippen molar-refractivity contribution in [2.24, 2.45) is 0 Å². The monoisotopic (exact) mass is 1570 g/mol. The molecule has 6 nitrogen and oxygen atoms in total. The van der Waals surface area contributed by atoms with Gasteiger partial charge in [-0.15, -0.1) is 0 Å². The lowest BCUT2D eigenvalue weighted by Gasteiger charge is -2.45. The Morgan fingerprint density at radius 2 is 0.675 bits per heavy atom. The first kappa shape index (κ1) is 68.5. The molecule has 0 amide bonds. The molecule has 0 spiro atoms. The van der Waals surface area contributed by atoms with Crippen molar-refractivity contribution in [3.05, 3.63) is 323 Å². The van der Waals surface area contributed by atoms with Gasteiger partial charge in [0, 0.05) is 72.1 Å². The van der Waals surface area contributed by atoms with Crippen LogP contribution in [0.2, 0.25) is 0 Å². The summed E-state index contributed by atoms with van der Waals surface area (Å²) < 4.78 is 83.0. The van der Waals surface area contributed by atoms with Crippen LogP contribution in [0.15, 0.2) is 279 Å². The summed E-state index contributed by atoms with van der Waals surface area (Å²) in [7, 11) is 0. The van der Waals surface area contributed by atoms with Crippen LogP contribution in [0.5, 0.6) is 0 Å². The number of benzene rings is 14. The Kier molecular flexibility index (Phi) is 15.6. The molecule has 14 aromatic carbocycles. The number of fused-ring (bicyclic) bond motifs is 13. The highest BCUT2D eigenvalue weighted by atomic mass is 15.2. The molecular formula is C113H109BN6. The molecule has 3 aromatic heterocycles. The van der Waals surface area contributed by atoms with Gasteiger partial charge in [0.2, 0.25) is 0 Å². The fourth-order valence-corrected chi connectivity index (χ4v) is 18.8. The summed E-state index contributed by atoms with van der Waals surface area (Å²) in [5, 5.41) is 17.4. The lowest BCUT2D eigenvalue weighted by molar-refractivity contribution is 0.568. The second kappa shape index (κ2) is 27.3. The quantitative estimate of drug-likeness (QED) is 0.142. The first-order chi connectivity index (χ1) is 60.2. The van der Waals surface area contributed by atoms with E-state index in [0.29, 0.717) is 28.3 Å². The van der Waals surface area contributed by atoms with Crippen LogP contribution in [0.1, 0.15) is 201 Å². The molecule has 19 rings (SSSR count). The number of para-hydroxylation sites is 4. The van der Waals surface area contributed by atoms with E-state index in [4.69, 9.17) is 0 Å². The standard InChI is InChI=1S/C113H109BN6/c1-107(2,3)75-43-50-98-88(64-75)89-65-76(108(4,5)6)44-51-99(89)117(98)81-45-48-92-101(66-81)118(83-58-70(69-33-23-22-24-34-69)53-71(59-83)72-54-77(109(7,8)9)62-78(55-72)110(10,11)12)103-60-74(73-56-79(111(13,14)15)63-80(57-73)112(16,17)18)61-104-105(103)114(92)93-49-46-82(116-94-39-29-25-35-84(94)85-36-26-30-40-95(85)116)67-102(93)119(104)100-52-47-91(113(19,20)21)106(90(100)68-115)120-96-41-31-27-37-86(96)87-38-28-32-42-97(87)120/h22-67H,1-21H3/i25D,26D,29D,30D,35D,36D,39D,40D. The Labute approximate surface area is 721 Å². The number of aromatic nitrogens is 3. The van der Waals surface area contributed by atoms with Gasteiger partial charge in [-0.2, -0.15) is 5.26 Å². The van der Waals surface area contributed by atoms with Crippen molar-refractivity contribution in [3.63, 3.8) is 0 Å². The Morgan fingerprint density at radius 1 is 0.275 bits per heavy atom. The van der Waals surface area contributed by atoms with E-state index in [0.717, 1.165) is 139 Å². The molecule has 0 fully saturated rings. The second-order valence-corrected chi connectivity index (χ2v) is 40.9. The van der Waals surface area contributed by atoms with Gasteiger partial charge in [-0.3, -0.25) is 0 Å². The largest absolute Gasteiger partial charge is 0.311 e. The third kappa shape index (κ3) is 12.8. The minimum absolute atomic E-state index is 0.00285. The Morgan fingerprint density at radius 3 is 1.13 bits per heavy atom. The molecule has 7 heteroatoms. The topological polar surface area (TPSA) is 45.1 Å². The van der Waals surface area contributed by atoms with Crippen LogP contribution in [-0.2, 0) is 37.9 Å². The fraction of sp³-hybridized carbons (Fsp3) is 0.248. The van der Waals surface area contributed by atoms with E-state index in [1.165, 1.54) is 22.3 Å². The van der Waals surface area contributed by atoms with Crippen LogP contribution in [0.4, 0.5) is 34.1 Å². The summed E-state index contributed by atoms with van der Waals surface area (Å²) in [6.45, 7) is 47.2. The van der Waals surface area contributed by atoms with Crippen LogP contribution >= 0.6 is 0 Å². The van der Waals surface area contributed by atoms with Gasteiger partial charge in [-0.05, 0) is 236 Å². The molecule has 0 bridgehead atoms. The predicted octanol–water partition coefficient (Wildman–Crippen LogP) is 29.0. The number of nitrogens with zero attached hydrogens (tertiary/aromatic N) is 6. The molecule has 0 N–H and O–H groups in total. The SMILES string of the molecule is [2H]c1c([2H])c([2H])c2c(c1[2H])c1c([2H])c([2H])c([2H])c([2H])c1n2-c1ccc2c(c1)N(c1ccc(C(C)(C)C)c(-n3c4ccccc4c4ccccc43)c1C#N)c1cc(-c3cc(C(C)(C)C)cc(C(C)(C)C)c3)cc3c1B2c1ccc(-n2c4ccc(C(C)(C)C)cc4c4cc(C(C)(C)C)ccc42)cc1N3c1cc(-c2ccccc2)cc(-c2cc(C(C)(C)C)cc(C(C)(C)C)c2)c1. The molecule has 2 aliphatic rings. The van der Waals surface area contributed by atoms with Crippen molar-refractivity contribution in [2.75, 3.05) is 9.80 Å². The lowest BCUT2D eigenvalue weighted by Crippen LogP contribution is -2.61. The van der Waals surface area contributed by atoms with Gasteiger partial charge in [0.05, 0.1) is 55.4 Å². The minimum atomic E-state index is -0.610. The number of anilines is 6. The molecular weight excluding hydrogens is 1450 g/mol. The zero-order chi connectivity index (χ0) is 91.1. The third-order valence-electron chi connectivity index (χ3n) is 25.5. The Hall–Kier alpha value is -12.4. The zero-order valence-corrected chi connectivity index (χ0v) is 73.2. The van der Waals surface area contributed by atoms with Crippen LogP contribution < -0.4 is 26.2 Å². The van der Waals surface area contributed by atoms with Crippen LogP contribution in [0.25, 0.3) is 116 Å². The number of nitriles is 1. The highest BCUT2D eigenvalue weighted by Gasteiger charge is 2.46. The molecule has 594 valence electrons. The van der Waals surface area contributed by atoms with Gasteiger partial charge in [-0.1, -0.05) is 315 Å². The first-order valence-electron chi connectivity index (χ1n) is 46.5. The van der Waals surface area contributed by atoms with E-state index in [1.807, 2.05) is 12.1 Å². The van der Waals surface area contributed by atoms with Gasteiger partial charge < -0.3 is 23.5 Å². The van der Waals surface area contributed by atoms with Crippen molar-refractivity contribution in [1.29, 1.82) is 5.26 Å². The molecule has 5 heterocycles. The average molecular weight is 1570 g/mol. The molecule has 17 aromatic rings. The van der Waals surface area contributed by atoms with E-state index in [1.54, 1.807) is 4.57 Å². The molecule has 0 radical (unpaired) electrons. The molecule has 0 atom stereocenters. The van der Waals surface area contributed by atoms with E-state index < -0.39 is 60.5 Å². The van der Waals surface area contributed by atoms with Gasteiger partial charge in [0.25, 0.3) is 6.71 Å². The van der Waals surface area contributed by atoms with E-state index in [9.17, 15) is 16.2 Å². The Bertz CT molecular complexity index is 7410. The van der Waals surface area contributed by atoms with Crippen molar-refractivity contribution in [2.45, 2.75) is 183 Å². The smallest absolute Gasteiger partial charge is 0.252 e. The predicted molar refractivity (Wildman–Crippen MR) is 515 cm³/mol. The number of rotatable bonds is 8. The number of hydrogen-bond acceptors (Lipinski definition) is 3. The maximum absolute atomic E-state index is 13.1. The average Bonchev–Trinajstić information content (AvgIpc) is 1.44. The van der Waals surface area contributed by atoms with E-state index >= 15 is 0 Å². The normalized spacial score (nSPS) is 14.4. The summed E-state index contributed by atoms with van der Waals surface area (Å²) in [5.41, 5.74) is 26.2. The summed E-state index contributed by atoms with van der Waals surface area (Å²) in [6, 6.07) is 84.6. The molecule has 0 unspecified atom stereocenters. The molecule has 2 aliphatic heterocycles. The van der Waals surface area contributed by atoms with Crippen molar-refractivity contribution >= 4 is 123 Å². The molecule has 120 heavy (non-hydrogen) atoms. The fourth-order valence-electron chi connectivity index (χ4n) is 18.8. The van der Waals surface area contributed by atoms with Gasteiger partial charge in [0.1, 0.15) is 11.6 Å². The summed E-state index contributed by atoms with van der Waals surface area (Å²) in [5.74, 6) is 0. The highest BCUT2D eigenvalue weighted by molar-refractivity contribution is 7.00. The molecule has 0 aliphatic carbocycles. The maximum atomic E-state index is 13.1. The number of hydrogen-bond donors (Lipinski definition) is 0. The van der Waals surface area contributed by atoms with Crippen molar-refractivity contribution in [1.82, 2.24) is 13.7 Å². The van der Waals surface area contributed by atoms with E-state index in [2.05, 4.69) is 389 Å². The van der Waals surface area contributed by atoms with Crippen LogP contribution in [0.3, 0.4) is 0 Å². The van der Waals surface area contributed by atoms with E-state index in [-0.39, 0.29) is 54.3 Å². The van der Waals surface area contributed by atoms with Crippen LogP contribution in [-0.4, -0.2) is 20.4 Å². The minimum Gasteiger partial charge on any atom is -0.311 e. The zero-order valence-electron chi connectivity index (χ0n) is 81.2. The maximum Gasteiger partial charge on any atom is 0.252 e. The van der Waals surface area contributed by atoms with Gasteiger partial charge >= 0.3 is 0 Å².